The van der Waals surface area contributed by atoms with E-state index in [1.54, 1.807) is 6.21 Å². The Bertz CT molecular complexity index is 942. The van der Waals surface area contributed by atoms with E-state index in [2.05, 4.69) is 54.5 Å². The van der Waals surface area contributed by atoms with E-state index < -0.39 is 5.91 Å². The third-order valence-electron chi connectivity index (χ3n) is 4.03. The van der Waals surface area contributed by atoms with Gasteiger partial charge in [-0.1, -0.05) is 25.1 Å². The van der Waals surface area contributed by atoms with E-state index in [1.807, 2.05) is 17.5 Å². The van der Waals surface area contributed by atoms with Crippen LogP contribution in [-0.4, -0.2) is 55.4 Å². The first-order valence-electron chi connectivity index (χ1n) is 9.26. The second-order valence-electron chi connectivity index (χ2n) is 6.26. The summed E-state index contributed by atoms with van der Waals surface area (Å²) < 4.78 is 6.07. The number of hydrogen-bond donors (Lipinski definition) is 2. The first kappa shape index (κ1) is 20.6. The molecule has 1 amide bonds. The number of nitrogens with two attached hydrogens (primary N) is 1. The highest BCUT2D eigenvalue weighted by molar-refractivity contribution is 7.11. The van der Waals surface area contributed by atoms with Gasteiger partial charge in [0.2, 0.25) is 11.6 Å². The maximum absolute atomic E-state index is 12.7. The van der Waals surface area contributed by atoms with Crippen LogP contribution in [0.4, 0.5) is 5.82 Å². The smallest absolute Gasteiger partial charge is 0.293 e. The van der Waals surface area contributed by atoms with E-state index in [4.69, 9.17) is 5.73 Å². The number of anilines is 1. The zero-order valence-corrected chi connectivity index (χ0v) is 17.1. The van der Waals surface area contributed by atoms with Crippen LogP contribution in [0.15, 0.2) is 27.2 Å². The Morgan fingerprint density at radius 3 is 2.79 bits per heavy atom. The summed E-state index contributed by atoms with van der Waals surface area (Å²) in [5.41, 5.74) is 9.00. The second kappa shape index (κ2) is 9.89. The number of nitrogens with zero attached hydrogens (tertiary/aromatic N) is 7. The van der Waals surface area contributed by atoms with E-state index in [0.717, 1.165) is 30.8 Å². The molecular formula is C17H23N9O2S. The molecular weight excluding hydrogens is 394 g/mol. The summed E-state index contributed by atoms with van der Waals surface area (Å²) in [6.07, 6.45) is 3.52. The minimum atomic E-state index is -0.470. The molecule has 0 aliphatic rings. The summed E-state index contributed by atoms with van der Waals surface area (Å²) in [5.74, 6) is -0.208. The standard InChI is InChI=1S/C17H23N9O2S/c1-3-7-25(8-4-2)11-13-14(17(27)21-19-10-12-6-5-9-29-12)20-24-26(13)16-15(18)22-28-23-16/h5-6,9-10H,3-4,7-8,11H2,1-2H3,(H2,18,22)(H,21,27)/b19-10-. The van der Waals surface area contributed by atoms with Crippen molar-refractivity contribution in [3.63, 3.8) is 0 Å². The van der Waals surface area contributed by atoms with Crippen molar-refractivity contribution in [2.75, 3.05) is 18.8 Å². The lowest BCUT2D eigenvalue weighted by Crippen LogP contribution is -2.28. The third-order valence-corrected chi connectivity index (χ3v) is 4.84. The molecule has 0 saturated carbocycles. The van der Waals surface area contributed by atoms with Crippen molar-refractivity contribution in [1.29, 1.82) is 0 Å². The Hall–Kier alpha value is -3.12. The normalized spacial score (nSPS) is 11.6. The summed E-state index contributed by atoms with van der Waals surface area (Å²) >= 11 is 1.52. The largest absolute Gasteiger partial charge is 0.378 e. The highest BCUT2D eigenvalue weighted by Crippen LogP contribution is 2.18. The van der Waals surface area contributed by atoms with Gasteiger partial charge in [0.15, 0.2) is 5.69 Å². The molecule has 3 N–H and O–H groups in total. The van der Waals surface area contributed by atoms with E-state index in [-0.39, 0.29) is 17.3 Å². The predicted molar refractivity (Wildman–Crippen MR) is 109 cm³/mol. The van der Waals surface area contributed by atoms with Crippen molar-refractivity contribution >= 4 is 29.3 Å². The lowest BCUT2D eigenvalue weighted by atomic mass is 10.2. The number of rotatable bonds is 10. The van der Waals surface area contributed by atoms with Gasteiger partial charge in [0, 0.05) is 11.4 Å². The molecule has 0 atom stereocenters. The van der Waals surface area contributed by atoms with E-state index in [0.29, 0.717) is 12.2 Å². The number of thiophene rings is 1. The molecule has 0 radical (unpaired) electrons. The number of nitrogens with one attached hydrogen (secondary N) is 1. The summed E-state index contributed by atoms with van der Waals surface area (Å²) in [6, 6.07) is 3.81. The van der Waals surface area contributed by atoms with E-state index in [9.17, 15) is 4.79 Å². The summed E-state index contributed by atoms with van der Waals surface area (Å²) in [6.45, 7) is 6.38. The van der Waals surface area contributed by atoms with Crippen LogP contribution in [0.25, 0.3) is 5.82 Å². The van der Waals surface area contributed by atoms with E-state index in [1.165, 1.54) is 16.0 Å². The highest BCUT2D eigenvalue weighted by Gasteiger charge is 2.25. The van der Waals surface area contributed by atoms with Crippen LogP contribution in [0, 0.1) is 0 Å². The Kier molecular flexibility index (Phi) is 7.03. The molecule has 3 rings (SSSR count). The van der Waals surface area contributed by atoms with Crippen molar-refractivity contribution in [2.45, 2.75) is 33.2 Å². The molecule has 0 aromatic carbocycles. The van der Waals surface area contributed by atoms with Crippen LogP contribution in [-0.2, 0) is 6.54 Å². The molecule has 154 valence electrons. The fraction of sp³-hybridized carbons (Fsp3) is 0.412. The van der Waals surface area contributed by atoms with Gasteiger partial charge in [0.1, 0.15) is 0 Å². The van der Waals surface area contributed by atoms with Crippen LogP contribution in [0.2, 0.25) is 0 Å². The Morgan fingerprint density at radius 1 is 1.38 bits per heavy atom. The molecule has 3 aromatic heterocycles. The number of carbonyl (C=O) groups excluding carboxylic acids is 1. The highest BCUT2D eigenvalue weighted by atomic mass is 32.1. The van der Waals surface area contributed by atoms with E-state index >= 15 is 0 Å². The van der Waals surface area contributed by atoms with Crippen molar-refractivity contribution in [2.24, 2.45) is 5.10 Å². The number of hydrazone groups is 1. The van der Waals surface area contributed by atoms with Gasteiger partial charge in [0.05, 0.1) is 11.9 Å². The van der Waals surface area contributed by atoms with Crippen LogP contribution in [0.3, 0.4) is 0 Å². The number of hydrogen-bond acceptors (Lipinski definition) is 10. The van der Waals surface area contributed by atoms with Crippen LogP contribution >= 0.6 is 11.3 Å². The Labute approximate surface area is 171 Å². The predicted octanol–water partition coefficient (Wildman–Crippen LogP) is 1.68. The van der Waals surface area contributed by atoms with Gasteiger partial charge in [-0.2, -0.15) is 9.78 Å². The van der Waals surface area contributed by atoms with Crippen molar-refractivity contribution in [3.05, 3.63) is 33.8 Å². The molecule has 0 aliphatic carbocycles. The van der Waals surface area contributed by atoms with Gasteiger partial charge in [0.25, 0.3) is 5.91 Å². The maximum Gasteiger partial charge on any atom is 0.293 e. The second-order valence-corrected chi connectivity index (χ2v) is 7.24. The molecule has 0 spiro atoms. The average Bonchev–Trinajstić information content (AvgIpc) is 3.43. The van der Waals surface area contributed by atoms with Gasteiger partial charge in [-0.25, -0.2) is 10.1 Å². The topological polar surface area (TPSA) is 140 Å². The zero-order chi connectivity index (χ0) is 20.6. The van der Waals surface area contributed by atoms with Crippen LogP contribution in [0.1, 0.15) is 47.7 Å². The number of nitrogen functional groups attached to an aromatic ring is 1. The van der Waals surface area contributed by atoms with Gasteiger partial charge < -0.3 is 5.73 Å². The fourth-order valence-corrected chi connectivity index (χ4v) is 3.40. The number of amides is 1. The third kappa shape index (κ3) is 5.03. The summed E-state index contributed by atoms with van der Waals surface area (Å²) in [7, 11) is 0. The summed E-state index contributed by atoms with van der Waals surface area (Å²) in [4.78, 5) is 15.8. The molecule has 0 unspecified atom stereocenters. The first-order valence-corrected chi connectivity index (χ1v) is 10.1. The molecule has 0 saturated heterocycles. The number of aromatic nitrogens is 5. The molecule has 0 bridgehead atoms. The number of carbonyl (C=O) groups is 1. The fourth-order valence-electron chi connectivity index (χ4n) is 2.81. The van der Waals surface area contributed by atoms with Crippen molar-refractivity contribution < 1.29 is 9.42 Å². The molecule has 0 fully saturated rings. The van der Waals surface area contributed by atoms with Gasteiger partial charge in [-0.05, 0) is 47.7 Å². The maximum atomic E-state index is 12.7. The SMILES string of the molecule is CCCN(CCC)Cc1c(C(=O)N/N=C\c2cccs2)nnn1-c1nonc1N. The molecule has 0 aliphatic heterocycles. The minimum absolute atomic E-state index is 0.0661. The monoisotopic (exact) mass is 417 g/mol. The first-order chi connectivity index (χ1) is 14.1. The lowest BCUT2D eigenvalue weighted by Gasteiger charge is -2.21. The van der Waals surface area contributed by atoms with Crippen molar-refractivity contribution in [3.8, 4) is 5.82 Å². The average molecular weight is 417 g/mol. The quantitative estimate of drug-likeness (QED) is 0.375. The summed E-state index contributed by atoms with van der Waals surface area (Å²) in [5, 5.41) is 21.4. The molecule has 11 nitrogen and oxygen atoms in total. The molecule has 12 heteroatoms. The van der Waals surface area contributed by atoms with Gasteiger partial charge in [-0.3, -0.25) is 9.69 Å². The molecule has 3 aromatic rings. The minimum Gasteiger partial charge on any atom is -0.378 e. The molecule has 3 heterocycles. The molecule has 29 heavy (non-hydrogen) atoms. The van der Waals surface area contributed by atoms with Crippen LogP contribution < -0.4 is 11.2 Å². The van der Waals surface area contributed by atoms with Crippen molar-refractivity contribution in [1.82, 2.24) is 35.6 Å². The van der Waals surface area contributed by atoms with Gasteiger partial charge in [-0.15, -0.1) is 16.4 Å². The Morgan fingerprint density at radius 2 is 2.17 bits per heavy atom. The van der Waals surface area contributed by atoms with Crippen LogP contribution in [0.5, 0.6) is 0 Å². The lowest BCUT2D eigenvalue weighted by molar-refractivity contribution is 0.0947. The Balaban J connectivity index is 1.88. The zero-order valence-electron chi connectivity index (χ0n) is 16.3. The van der Waals surface area contributed by atoms with Gasteiger partial charge >= 0.3 is 0 Å².